The molecule has 0 atom stereocenters. The molecule has 2 aromatic carbocycles. The van der Waals surface area contributed by atoms with Gasteiger partial charge in [-0.05, 0) is 30.7 Å². The van der Waals surface area contributed by atoms with Crippen molar-refractivity contribution in [2.45, 2.75) is 6.92 Å². The van der Waals surface area contributed by atoms with Crippen molar-refractivity contribution in [3.05, 3.63) is 64.2 Å². The van der Waals surface area contributed by atoms with Crippen LogP contribution >= 0.6 is 11.3 Å². The van der Waals surface area contributed by atoms with Crippen molar-refractivity contribution in [1.82, 2.24) is 15.2 Å². The van der Waals surface area contributed by atoms with E-state index in [1.54, 1.807) is 18.2 Å². The lowest BCUT2D eigenvalue weighted by Gasteiger charge is -1.99. The molecule has 0 aliphatic rings. The molecule has 142 valence electrons. The highest BCUT2D eigenvalue weighted by Gasteiger charge is 2.23. The smallest absolute Gasteiger partial charge is 0.282 e. The number of aryl methyl sites for hydroxylation is 1. The summed E-state index contributed by atoms with van der Waals surface area (Å²) >= 11 is 1.35. The maximum Gasteiger partial charge on any atom is 0.282 e. The Morgan fingerprint density at radius 2 is 1.90 bits per heavy atom. The van der Waals surface area contributed by atoms with Gasteiger partial charge in [-0.3, -0.25) is 10.1 Å². The molecule has 2 N–H and O–H groups in total. The fraction of sp³-hybridized carbons (Fsp3) is 0.0500. The Labute approximate surface area is 167 Å². The lowest BCUT2D eigenvalue weighted by atomic mass is 10.1. The Kier molecular flexibility index (Phi) is 3.78. The van der Waals surface area contributed by atoms with Crippen molar-refractivity contribution in [1.29, 1.82) is 0 Å². The van der Waals surface area contributed by atoms with Crippen molar-refractivity contribution in [3.63, 3.8) is 0 Å². The van der Waals surface area contributed by atoms with Crippen LogP contribution in [0.3, 0.4) is 0 Å². The lowest BCUT2D eigenvalue weighted by molar-refractivity contribution is -0.384. The van der Waals surface area contributed by atoms with E-state index in [0.717, 1.165) is 26.7 Å². The molecule has 0 amide bonds. The highest BCUT2D eigenvalue weighted by Crippen LogP contribution is 2.41. The molecule has 3 aromatic heterocycles. The van der Waals surface area contributed by atoms with E-state index < -0.39 is 4.92 Å². The van der Waals surface area contributed by atoms with Crippen LogP contribution in [-0.4, -0.2) is 20.1 Å². The molecule has 0 saturated carbocycles. The minimum atomic E-state index is -0.482. The van der Waals surface area contributed by atoms with E-state index in [1.807, 2.05) is 31.2 Å². The summed E-state index contributed by atoms with van der Waals surface area (Å²) < 4.78 is 5.75. The Bertz CT molecular complexity index is 1420. The number of hydrogen-bond donors (Lipinski definition) is 1. The van der Waals surface area contributed by atoms with E-state index >= 15 is 0 Å². The van der Waals surface area contributed by atoms with Gasteiger partial charge in [-0.2, -0.15) is 0 Å². The molecule has 0 spiro atoms. The third-order valence-electron chi connectivity index (χ3n) is 4.62. The monoisotopic (exact) mass is 403 g/mol. The Morgan fingerprint density at radius 1 is 1.10 bits per heavy atom. The average molecular weight is 403 g/mol. The van der Waals surface area contributed by atoms with Crippen LogP contribution in [0.4, 0.5) is 11.4 Å². The molecule has 5 aromatic rings. The SMILES string of the molecule is Cc1ccc2cc3c(N)c(-c4nnc(-c5ccccc5[N+](=O)[O-])o4)sc3nc2c1. The van der Waals surface area contributed by atoms with E-state index in [4.69, 9.17) is 15.1 Å². The number of rotatable bonds is 3. The summed E-state index contributed by atoms with van der Waals surface area (Å²) in [6, 6.07) is 14.3. The van der Waals surface area contributed by atoms with Gasteiger partial charge in [-0.25, -0.2) is 4.98 Å². The first kappa shape index (κ1) is 17.3. The second-order valence-corrected chi connectivity index (χ2v) is 7.57. The lowest BCUT2D eigenvalue weighted by Crippen LogP contribution is -1.91. The number of anilines is 1. The van der Waals surface area contributed by atoms with Crippen LogP contribution in [0.25, 0.3) is 43.3 Å². The largest absolute Gasteiger partial charge is 0.415 e. The summed E-state index contributed by atoms with van der Waals surface area (Å²) in [6.07, 6.45) is 0. The first-order valence-electron chi connectivity index (χ1n) is 8.68. The number of nitro benzene ring substituents is 1. The van der Waals surface area contributed by atoms with Crippen LogP contribution in [0, 0.1) is 17.0 Å². The van der Waals surface area contributed by atoms with E-state index in [2.05, 4.69) is 10.2 Å². The normalized spacial score (nSPS) is 11.3. The van der Waals surface area contributed by atoms with Crippen molar-refractivity contribution < 1.29 is 9.34 Å². The molecule has 8 nitrogen and oxygen atoms in total. The van der Waals surface area contributed by atoms with Crippen LogP contribution in [0.2, 0.25) is 0 Å². The first-order valence-corrected chi connectivity index (χ1v) is 9.50. The summed E-state index contributed by atoms with van der Waals surface area (Å²) in [5, 5.41) is 21.1. The zero-order chi connectivity index (χ0) is 20.1. The molecule has 29 heavy (non-hydrogen) atoms. The van der Waals surface area contributed by atoms with Gasteiger partial charge in [-0.1, -0.05) is 24.3 Å². The predicted molar refractivity (Wildman–Crippen MR) is 112 cm³/mol. The van der Waals surface area contributed by atoms with Gasteiger partial charge in [0, 0.05) is 16.8 Å². The van der Waals surface area contributed by atoms with Crippen LogP contribution in [0.15, 0.2) is 52.9 Å². The average Bonchev–Trinajstić information content (AvgIpc) is 3.31. The fourth-order valence-corrected chi connectivity index (χ4v) is 4.21. The molecular weight excluding hydrogens is 390 g/mol. The quantitative estimate of drug-likeness (QED) is 0.333. The fourth-order valence-electron chi connectivity index (χ4n) is 3.20. The van der Waals surface area contributed by atoms with Gasteiger partial charge in [0.1, 0.15) is 15.3 Å². The number of nitro groups is 1. The van der Waals surface area contributed by atoms with E-state index in [1.165, 1.54) is 17.4 Å². The molecule has 5 rings (SSSR count). The maximum atomic E-state index is 11.3. The van der Waals surface area contributed by atoms with Crippen molar-refractivity contribution >= 4 is 43.8 Å². The van der Waals surface area contributed by atoms with Gasteiger partial charge in [-0.15, -0.1) is 21.5 Å². The molecule has 3 heterocycles. The molecule has 0 bridgehead atoms. The van der Waals surface area contributed by atoms with Crippen LogP contribution < -0.4 is 5.73 Å². The molecule has 0 radical (unpaired) electrons. The Balaban J connectivity index is 1.64. The van der Waals surface area contributed by atoms with Crippen molar-refractivity contribution in [2.24, 2.45) is 0 Å². The highest BCUT2D eigenvalue weighted by molar-refractivity contribution is 7.22. The zero-order valence-corrected chi connectivity index (χ0v) is 15.9. The van der Waals surface area contributed by atoms with Gasteiger partial charge in [0.15, 0.2) is 0 Å². The van der Waals surface area contributed by atoms with Gasteiger partial charge in [0.2, 0.25) is 0 Å². The first-order chi connectivity index (χ1) is 14.0. The molecule has 9 heteroatoms. The van der Waals surface area contributed by atoms with Crippen LogP contribution in [0.1, 0.15) is 5.56 Å². The number of benzene rings is 2. The second-order valence-electron chi connectivity index (χ2n) is 6.57. The third-order valence-corrected chi connectivity index (χ3v) is 5.73. The van der Waals surface area contributed by atoms with Gasteiger partial charge < -0.3 is 10.2 Å². The van der Waals surface area contributed by atoms with Crippen LogP contribution in [0.5, 0.6) is 0 Å². The molecular formula is C20H13N5O3S. The predicted octanol–water partition coefficient (Wildman–Crippen LogP) is 4.97. The molecule has 0 aliphatic carbocycles. The van der Waals surface area contributed by atoms with Gasteiger partial charge in [0.25, 0.3) is 17.5 Å². The van der Waals surface area contributed by atoms with Gasteiger partial charge >= 0.3 is 0 Å². The number of hydrogen-bond acceptors (Lipinski definition) is 8. The summed E-state index contributed by atoms with van der Waals surface area (Å²) in [6.45, 7) is 2.02. The summed E-state index contributed by atoms with van der Waals surface area (Å²) in [7, 11) is 0. The van der Waals surface area contributed by atoms with Crippen LogP contribution in [-0.2, 0) is 0 Å². The van der Waals surface area contributed by atoms with Crippen molar-refractivity contribution in [2.75, 3.05) is 5.73 Å². The molecule has 0 saturated heterocycles. The topological polar surface area (TPSA) is 121 Å². The van der Waals surface area contributed by atoms with Crippen molar-refractivity contribution in [3.8, 4) is 22.2 Å². The van der Waals surface area contributed by atoms with E-state index in [0.29, 0.717) is 10.6 Å². The Morgan fingerprint density at radius 3 is 2.72 bits per heavy atom. The number of nitrogen functional groups attached to an aromatic ring is 1. The number of para-hydroxylation sites is 1. The number of thiophene rings is 1. The second kappa shape index (κ2) is 6.35. The third kappa shape index (κ3) is 2.79. The maximum absolute atomic E-state index is 11.3. The number of nitrogens with zero attached hydrogens (tertiary/aromatic N) is 4. The standard InChI is InChI=1S/C20H13N5O3S/c1-10-6-7-11-9-13-16(21)17(29-20(13)22-14(11)8-10)19-24-23-18(28-19)12-4-2-3-5-15(12)25(26)27/h2-9H,21H2,1H3. The Hall–Kier alpha value is -3.85. The minimum Gasteiger partial charge on any atom is -0.415 e. The van der Waals surface area contributed by atoms with Gasteiger partial charge in [0.05, 0.1) is 16.1 Å². The summed E-state index contributed by atoms with van der Waals surface area (Å²) in [5.41, 5.74) is 9.02. The van der Waals surface area contributed by atoms with E-state index in [-0.39, 0.29) is 23.0 Å². The zero-order valence-electron chi connectivity index (χ0n) is 15.1. The number of nitrogens with two attached hydrogens (primary N) is 1. The molecule has 0 aliphatic heterocycles. The summed E-state index contributed by atoms with van der Waals surface area (Å²) in [4.78, 5) is 16.9. The molecule has 0 fully saturated rings. The van der Waals surface area contributed by atoms with E-state index in [9.17, 15) is 10.1 Å². The minimum absolute atomic E-state index is 0.0675. The number of fused-ring (bicyclic) bond motifs is 2. The highest BCUT2D eigenvalue weighted by atomic mass is 32.1. The summed E-state index contributed by atoms with van der Waals surface area (Å²) in [5.74, 6) is 0.275. The number of pyridine rings is 1. The molecule has 0 unspecified atom stereocenters. The number of aromatic nitrogens is 3.